The Morgan fingerprint density at radius 1 is 1.38 bits per heavy atom. The Morgan fingerprint density at radius 2 is 2.00 bits per heavy atom. The fourth-order valence-corrected chi connectivity index (χ4v) is 1.01. The van der Waals surface area contributed by atoms with E-state index < -0.39 is 5.97 Å². The van der Waals surface area contributed by atoms with E-state index in [1.165, 1.54) is 20.0 Å². The van der Waals surface area contributed by atoms with E-state index in [0.717, 1.165) is 12.6 Å². The summed E-state index contributed by atoms with van der Waals surface area (Å²) in [4.78, 5) is 9.84. The van der Waals surface area contributed by atoms with Gasteiger partial charge in [-0.25, -0.2) is 9.36 Å². The van der Waals surface area contributed by atoms with Crippen LogP contribution in [-0.2, 0) is 16.1 Å². The van der Waals surface area contributed by atoms with Crippen molar-refractivity contribution in [3.63, 3.8) is 0 Å². The van der Waals surface area contributed by atoms with Gasteiger partial charge in [0.25, 0.3) is 0 Å². The fourth-order valence-electron chi connectivity index (χ4n) is 1.01. The number of esters is 1. The van der Waals surface area contributed by atoms with Crippen molar-refractivity contribution in [3.8, 4) is 0 Å². The third-order valence-corrected chi connectivity index (χ3v) is 1.92. The number of carbonyl (C=O) groups is 1. The summed E-state index contributed by atoms with van der Waals surface area (Å²) in [7, 11) is 1.31. The highest BCUT2D eigenvalue weighted by atomic mass is 16.5. The molecule has 0 aromatic carbocycles. The third-order valence-electron chi connectivity index (χ3n) is 1.92. The van der Waals surface area contributed by atoms with E-state index in [2.05, 4.69) is 47.3 Å². The van der Waals surface area contributed by atoms with Crippen molar-refractivity contribution in [1.29, 1.82) is 0 Å². The standard InChI is InChI=1S/C9H14N.C4H6O2/c1-2-3-7-10-8-5-4-6-9-10;1-3-4(5)6-2/h4-6,8-9H,2-3,7H2,1H3;3H,1H2,2H3/q+1;. The molecule has 0 aliphatic heterocycles. The summed E-state index contributed by atoms with van der Waals surface area (Å²) in [6.07, 6.45) is 7.86. The van der Waals surface area contributed by atoms with Gasteiger partial charge in [0.2, 0.25) is 0 Å². The van der Waals surface area contributed by atoms with Crippen LogP contribution in [-0.4, -0.2) is 13.1 Å². The first kappa shape index (κ1) is 14.4. The van der Waals surface area contributed by atoms with Crippen molar-refractivity contribution in [3.05, 3.63) is 43.2 Å². The Balaban J connectivity index is 0.000000325. The van der Waals surface area contributed by atoms with Crippen molar-refractivity contribution in [2.75, 3.05) is 7.11 Å². The average molecular weight is 222 g/mol. The van der Waals surface area contributed by atoms with E-state index in [-0.39, 0.29) is 0 Å². The molecule has 0 amide bonds. The molecule has 0 aliphatic carbocycles. The molecule has 1 aromatic heterocycles. The molecule has 0 N–H and O–H groups in total. The Kier molecular flexibility index (Phi) is 8.88. The van der Waals surface area contributed by atoms with Crippen molar-refractivity contribution in [2.45, 2.75) is 26.3 Å². The molecule has 1 aromatic rings. The number of pyridine rings is 1. The lowest BCUT2D eigenvalue weighted by Gasteiger charge is -1.91. The van der Waals surface area contributed by atoms with Crippen LogP contribution in [0.4, 0.5) is 0 Å². The molecule has 0 bridgehead atoms. The predicted octanol–water partition coefficient (Wildman–Crippen LogP) is 2.12. The van der Waals surface area contributed by atoms with Crippen LogP contribution < -0.4 is 4.57 Å². The first-order valence-corrected chi connectivity index (χ1v) is 5.39. The van der Waals surface area contributed by atoms with Crippen LogP contribution in [0.3, 0.4) is 0 Å². The first-order valence-electron chi connectivity index (χ1n) is 5.39. The smallest absolute Gasteiger partial charge is 0.329 e. The summed E-state index contributed by atoms with van der Waals surface area (Å²) in [5.74, 6) is -0.394. The van der Waals surface area contributed by atoms with Gasteiger partial charge in [0, 0.05) is 24.6 Å². The van der Waals surface area contributed by atoms with Gasteiger partial charge >= 0.3 is 5.97 Å². The molecule has 0 saturated carbocycles. The molecule has 0 unspecified atom stereocenters. The minimum absolute atomic E-state index is 0.394. The lowest BCUT2D eigenvalue weighted by atomic mass is 10.3. The largest absolute Gasteiger partial charge is 0.466 e. The number of carbonyl (C=O) groups excluding carboxylic acids is 1. The average Bonchev–Trinajstić information content (AvgIpc) is 2.37. The van der Waals surface area contributed by atoms with Gasteiger partial charge in [-0.2, -0.15) is 0 Å². The lowest BCUT2D eigenvalue weighted by molar-refractivity contribution is -0.697. The van der Waals surface area contributed by atoms with Gasteiger partial charge in [0.05, 0.1) is 7.11 Å². The third kappa shape index (κ3) is 7.74. The van der Waals surface area contributed by atoms with E-state index in [4.69, 9.17) is 0 Å². The molecule has 1 heterocycles. The fraction of sp³-hybridized carbons (Fsp3) is 0.385. The highest BCUT2D eigenvalue weighted by Crippen LogP contribution is 1.85. The summed E-state index contributed by atoms with van der Waals surface area (Å²) < 4.78 is 6.35. The number of hydrogen-bond acceptors (Lipinski definition) is 2. The maximum atomic E-state index is 9.84. The quantitative estimate of drug-likeness (QED) is 0.444. The first-order chi connectivity index (χ1) is 7.74. The molecule has 3 heteroatoms. The number of aromatic nitrogens is 1. The van der Waals surface area contributed by atoms with Crippen LogP contribution >= 0.6 is 0 Å². The van der Waals surface area contributed by atoms with Crippen molar-refractivity contribution in [2.24, 2.45) is 0 Å². The van der Waals surface area contributed by atoms with Gasteiger partial charge in [-0.15, -0.1) is 0 Å². The van der Waals surface area contributed by atoms with Crippen LogP contribution in [0.25, 0.3) is 0 Å². The lowest BCUT2D eigenvalue weighted by Crippen LogP contribution is -2.31. The second kappa shape index (κ2) is 9.90. The summed E-state index contributed by atoms with van der Waals surface area (Å²) in [6.45, 7) is 6.52. The second-order valence-electron chi connectivity index (χ2n) is 3.19. The Hall–Kier alpha value is -1.64. The Morgan fingerprint density at radius 3 is 2.38 bits per heavy atom. The minimum Gasteiger partial charge on any atom is -0.466 e. The van der Waals surface area contributed by atoms with Gasteiger partial charge in [0.15, 0.2) is 12.4 Å². The molecular formula is C13H20NO2+. The molecule has 0 aliphatic rings. The van der Waals surface area contributed by atoms with Crippen LogP contribution in [0.15, 0.2) is 43.2 Å². The zero-order chi connectivity index (χ0) is 12.2. The molecule has 1 rings (SSSR count). The van der Waals surface area contributed by atoms with Crippen LogP contribution in [0.5, 0.6) is 0 Å². The minimum atomic E-state index is -0.394. The number of methoxy groups -OCH3 is 1. The van der Waals surface area contributed by atoms with Crippen LogP contribution in [0, 0.1) is 0 Å². The Bertz CT molecular complexity index is 296. The van der Waals surface area contributed by atoms with Crippen LogP contribution in [0.1, 0.15) is 19.8 Å². The molecule has 3 nitrogen and oxygen atoms in total. The molecule has 0 atom stereocenters. The van der Waals surface area contributed by atoms with Crippen molar-refractivity contribution < 1.29 is 14.1 Å². The van der Waals surface area contributed by atoms with Crippen molar-refractivity contribution in [1.82, 2.24) is 0 Å². The second-order valence-corrected chi connectivity index (χ2v) is 3.19. The highest BCUT2D eigenvalue weighted by Gasteiger charge is 1.93. The SMILES string of the molecule is C=CC(=O)OC.CCCC[n+]1ccccc1. The maximum absolute atomic E-state index is 9.84. The zero-order valence-electron chi connectivity index (χ0n) is 10.1. The van der Waals surface area contributed by atoms with Gasteiger partial charge in [-0.3, -0.25) is 0 Å². The molecular weight excluding hydrogens is 202 g/mol. The molecule has 0 radical (unpaired) electrons. The summed E-state index contributed by atoms with van der Waals surface area (Å²) >= 11 is 0. The predicted molar refractivity (Wildman–Crippen MR) is 63.8 cm³/mol. The summed E-state index contributed by atoms with van der Waals surface area (Å²) in [6, 6.07) is 6.17. The zero-order valence-corrected chi connectivity index (χ0v) is 10.1. The van der Waals surface area contributed by atoms with Gasteiger partial charge < -0.3 is 4.74 Å². The van der Waals surface area contributed by atoms with Gasteiger partial charge in [-0.05, 0) is 0 Å². The molecule has 0 saturated heterocycles. The Labute approximate surface area is 97.4 Å². The van der Waals surface area contributed by atoms with E-state index in [0.29, 0.717) is 0 Å². The summed E-state index contributed by atoms with van der Waals surface area (Å²) in [5.41, 5.74) is 0. The maximum Gasteiger partial charge on any atom is 0.329 e. The number of hydrogen-bond donors (Lipinski definition) is 0. The molecule has 88 valence electrons. The van der Waals surface area contributed by atoms with Crippen LogP contribution in [0.2, 0.25) is 0 Å². The van der Waals surface area contributed by atoms with Crippen molar-refractivity contribution >= 4 is 5.97 Å². The number of rotatable bonds is 4. The topological polar surface area (TPSA) is 30.2 Å². The van der Waals surface area contributed by atoms with Gasteiger partial charge in [0.1, 0.15) is 6.54 Å². The molecule has 0 spiro atoms. The van der Waals surface area contributed by atoms with E-state index >= 15 is 0 Å². The normalized spacial score (nSPS) is 8.62. The number of ether oxygens (including phenoxy) is 1. The summed E-state index contributed by atoms with van der Waals surface area (Å²) in [5, 5.41) is 0. The van der Waals surface area contributed by atoms with E-state index in [1.54, 1.807) is 0 Å². The number of nitrogens with zero attached hydrogens (tertiary/aromatic N) is 1. The molecule has 0 fully saturated rings. The van der Waals surface area contributed by atoms with Gasteiger partial charge in [-0.1, -0.05) is 26.0 Å². The van der Waals surface area contributed by atoms with E-state index in [1.807, 2.05) is 6.07 Å². The number of aryl methyl sites for hydroxylation is 1. The molecule has 16 heavy (non-hydrogen) atoms. The highest BCUT2D eigenvalue weighted by molar-refractivity contribution is 5.80. The monoisotopic (exact) mass is 222 g/mol. The van der Waals surface area contributed by atoms with E-state index in [9.17, 15) is 4.79 Å². The number of unbranched alkanes of at least 4 members (excludes halogenated alkanes) is 1.